The van der Waals surface area contributed by atoms with E-state index in [9.17, 15) is 4.79 Å². The zero-order valence-electron chi connectivity index (χ0n) is 11.6. The number of carbonyl (C=O) groups is 1. The minimum absolute atomic E-state index is 0.104. The first-order chi connectivity index (χ1) is 10.1. The second kappa shape index (κ2) is 5.13. The molecule has 0 unspecified atom stereocenters. The molecule has 0 aromatic carbocycles. The second-order valence-corrected chi connectivity index (χ2v) is 4.88. The van der Waals surface area contributed by atoms with Gasteiger partial charge >= 0.3 is 0 Å². The molecule has 0 spiro atoms. The van der Waals surface area contributed by atoms with Crippen LogP contribution in [0.15, 0.2) is 6.20 Å². The fourth-order valence-electron chi connectivity index (χ4n) is 2.60. The van der Waals surface area contributed by atoms with Crippen LogP contribution in [0.25, 0.3) is 11.4 Å². The smallest absolute Gasteiger partial charge is 0.272 e. The number of carbonyl (C=O) groups excluding carboxylic acids is 1. The third kappa shape index (κ3) is 2.23. The number of nitrogens with one attached hydrogen (secondary N) is 1. The van der Waals surface area contributed by atoms with Crippen molar-refractivity contribution in [3.63, 3.8) is 0 Å². The molecule has 0 aliphatic heterocycles. The Labute approximate surface area is 121 Å². The first-order valence-electron chi connectivity index (χ1n) is 6.68. The predicted molar refractivity (Wildman–Crippen MR) is 75.5 cm³/mol. The maximum Gasteiger partial charge on any atom is 0.272 e. The zero-order valence-corrected chi connectivity index (χ0v) is 11.6. The van der Waals surface area contributed by atoms with Gasteiger partial charge in [0.25, 0.3) is 5.91 Å². The Morgan fingerprint density at radius 2 is 2.33 bits per heavy atom. The van der Waals surface area contributed by atoms with E-state index >= 15 is 0 Å². The highest BCUT2D eigenvalue weighted by atomic mass is 16.3. The molecule has 21 heavy (non-hydrogen) atoms. The summed E-state index contributed by atoms with van der Waals surface area (Å²) in [6, 6.07) is 0. The van der Waals surface area contributed by atoms with Gasteiger partial charge in [0.15, 0.2) is 5.69 Å². The number of nitrogens with zero attached hydrogens (tertiary/aromatic N) is 4. The third-order valence-corrected chi connectivity index (χ3v) is 3.51. The molecule has 1 aliphatic carbocycles. The topological polar surface area (TPSA) is 119 Å². The summed E-state index contributed by atoms with van der Waals surface area (Å²) >= 11 is 0. The number of aliphatic hydroxyl groups is 1. The van der Waals surface area contributed by atoms with Crippen LogP contribution in [0.2, 0.25) is 0 Å². The Morgan fingerprint density at radius 1 is 1.52 bits per heavy atom. The number of nitrogens with two attached hydrogens (primary N) is 1. The van der Waals surface area contributed by atoms with Gasteiger partial charge in [-0.3, -0.25) is 9.48 Å². The molecular formula is C13H16N6O2. The van der Waals surface area contributed by atoms with Gasteiger partial charge in [0.2, 0.25) is 5.95 Å². The number of amides is 1. The first kappa shape index (κ1) is 13.5. The highest BCUT2D eigenvalue weighted by Gasteiger charge is 2.28. The van der Waals surface area contributed by atoms with Crippen LogP contribution in [-0.2, 0) is 19.9 Å². The van der Waals surface area contributed by atoms with Crippen LogP contribution in [0.5, 0.6) is 0 Å². The number of rotatable bonds is 3. The number of hydrogen-bond donors (Lipinski definition) is 3. The molecule has 0 saturated heterocycles. The molecule has 0 fully saturated rings. The molecule has 2 aromatic heterocycles. The lowest BCUT2D eigenvalue weighted by atomic mass is 9.93. The summed E-state index contributed by atoms with van der Waals surface area (Å²) in [5, 5.41) is 15.7. The highest BCUT2D eigenvalue weighted by Crippen LogP contribution is 2.33. The van der Waals surface area contributed by atoms with Crippen molar-refractivity contribution in [1.82, 2.24) is 25.1 Å². The van der Waals surface area contributed by atoms with Gasteiger partial charge in [-0.25, -0.2) is 9.97 Å². The van der Waals surface area contributed by atoms with E-state index in [4.69, 9.17) is 10.8 Å². The molecule has 1 amide bonds. The molecule has 0 radical (unpaired) electrons. The lowest BCUT2D eigenvalue weighted by molar-refractivity contribution is 0.0938. The van der Waals surface area contributed by atoms with E-state index in [1.165, 1.54) is 0 Å². The molecule has 2 heterocycles. The monoisotopic (exact) mass is 288 g/mol. The van der Waals surface area contributed by atoms with Crippen molar-refractivity contribution in [3.8, 4) is 11.4 Å². The standard InChI is InChI=1S/C13H16N6O2/c1-19-11-8(10(18-19)12(21)15-4-5-20)3-2-7-6-16-13(14)17-9(7)11/h6,20H,2-5H2,1H3,(H,15,21)(H2,14,16,17). The van der Waals surface area contributed by atoms with Crippen molar-refractivity contribution in [2.24, 2.45) is 7.05 Å². The van der Waals surface area contributed by atoms with Gasteiger partial charge in [0.05, 0.1) is 18.0 Å². The van der Waals surface area contributed by atoms with Crippen LogP contribution in [0, 0.1) is 0 Å². The second-order valence-electron chi connectivity index (χ2n) is 4.88. The van der Waals surface area contributed by atoms with Crippen molar-refractivity contribution in [3.05, 3.63) is 23.0 Å². The highest BCUT2D eigenvalue weighted by molar-refractivity contribution is 5.95. The lowest BCUT2D eigenvalue weighted by Gasteiger charge is -2.16. The number of aliphatic hydroxyl groups excluding tert-OH is 1. The summed E-state index contributed by atoms with van der Waals surface area (Å²) in [4.78, 5) is 20.4. The van der Waals surface area contributed by atoms with Crippen molar-refractivity contribution < 1.29 is 9.90 Å². The average Bonchev–Trinajstić information content (AvgIpc) is 2.82. The summed E-state index contributed by atoms with van der Waals surface area (Å²) in [5.74, 6) is -0.0829. The van der Waals surface area contributed by atoms with E-state index in [1.807, 2.05) is 0 Å². The van der Waals surface area contributed by atoms with Gasteiger partial charge in [-0.2, -0.15) is 5.10 Å². The Hall–Kier alpha value is -2.48. The summed E-state index contributed by atoms with van der Waals surface area (Å²) in [5.41, 5.74) is 9.44. The molecule has 8 nitrogen and oxygen atoms in total. The number of aromatic nitrogens is 4. The van der Waals surface area contributed by atoms with Crippen molar-refractivity contribution in [2.75, 3.05) is 18.9 Å². The van der Waals surface area contributed by atoms with Crippen LogP contribution in [0.4, 0.5) is 5.95 Å². The van der Waals surface area contributed by atoms with E-state index in [-0.39, 0.29) is 25.0 Å². The van der Waals surface area contributed by atoms with E-state index in [1.54, 1.807) is 17.9 Å². The maximum atomic E-state index is 12.1. The van der Waals surface area contributed by atoms with Crippen molar-refractivity contribution >= 4 is 11.9 Å². The number of anilines is 1. The average molecular weight is 288 g/mol. The van der Waals surface area contributed by atoms with Gasteiger partial charge in [0, 0.05) is 25.4 Å². The van der Waals surface area contributed by atoms with Crippen LogP contribution >= 0.6 is 0 Å². The molecule has 8 heteroatoms. The summed E-state index contributed by atoms with van der Waals surface area (Å²) < 4.78 is 1.65. The molecule has 0 bridgehead atoms. The third-order valence-electron chi connectivity index (χ3n) is 3.51. The molecule has 4 N–H and O–H groups in total. The number of fused-ring (bicyclic) bond motifs is 3. The van der Waals surface area contributed by atoms with E-state index in [2.05, 4.69) is 20.4 Å². The first-order valence-corrected chi connectivity index (χ1v) is 6.68. The SMILES string of the molecule is Cn1nc(C(=O)NCCO)c2c1-c1nc(N)ncc1CC2. The molecule has 0 atom stereocenters. The molecule has 0 saturated carbocycles. The van der Waals surface area contributed by atoms with E-state index < -0.39 is 0 Å². The van der Waals surface area contributed by atoms with Crippen molar-refractivity contribution in [2.45, 2.75) is 12.8 Å². The molecule has 110 valence electrons. The van der Waals surface area contributed by atoms with E-state index in [0.29, 0.717) is 12.1 Å². The molecule has 1 aliphatic rings. The Balaban J connectivity index is 2.07. The van der Waals surface area contributed by atoms with Gasteiger partial charge in [-0.15, -0.1) is 0 Å². The fourth-order valence-corrected chi connectivity index (χ4v) is 2.60. The normalized spacial score (nSPS) is 12.7. The predicted octanol–water partition coefficient (Wildman–Crippen LogP) is -0.720. The largest absolute Gasteiger partial charge is 0.395 e. The fraction of sp³-hybridized carbons (Fsp3) is 0.385. The summed E-state index contributed by atoms with van der Waals surface area (Å²) in [7, 11) is 1.77. The van der Waals surface area contributed by atoms with Gasteiger partial charge in [-0.05, 0) is 18.4 Å². The number of hydrogen-bond acceptors (Lipinski definition) is 6. The summed E-state index contributed by atoms with van der Waals surface area (Å²) in [6.07, 6.45) is 3.17. The Bertz CT molecular complexity index is 709. The number of nitrogen functional groups attached to an aromatic ring is 1. The van der Waals surface area contributed by atoms with Crippen LogP contribution < -0.4 is 11.1 Å². The maximum absolute atomic E-state index is 12.1. The van der Waals surface area contributed by atoms with Gasteiger partial charge in [0.1, 0.15) is 0 Å². The zero-order chi connectivity index (χ0) is 15.0. The van der Waals surface area contributed by atoms with Crippen LogP contribution in [-0.4, -0.2) is 43.9 Å². The quantitative estimate of drug-likeness (QED) is 0.686. The lowest BCUT2D eigenvalue weighted by Crippen LogP contribution is -2.28. The Morgan fingerprint density at radius 3 is 3.10 bits per heavy atom. The van der Waals surface area contributed by atoms with Gasteiger partial charge in [-0.1, -0.05) is 0 Å². The minimum atomic E-state index is -0.286. The Kier molecular flexibility index (Phi) is 3.30. The summed E-state index contributed by atoms with van der Waals surface area (Å²) in [6.45, 7) is 0.100. The van der Waals surface area contributed by atoms with E-state index in [0.717, 1.165) is 28.9 Å². The van der Waals surface area contributed by atoms with Crippen LogP contribution in [0.1, 0.15) is 21.6 Å². The van der Waals surface area contributed by atoms with Crippen LogP contribution in [0.3, 0.4) is 0 Å². The van der Waals surface area contributed by atoms with Gasteiger partial charge < -0.3 is 16.2 Å². The number of aryl methyl sites for hydroxylation is 2. The van der Waals surface area contributed by atoms with Crippen molar-refractivity contribution in [1.29, 1.82) is 0 Å². The minimum Gasteiger partial charge on any atom is -0.395 e. The molecular weight excluding hydrogens is 272 g/mol. The molecule has 2 aromatic rings. The molecule has 3 rings (SSSR count).